The Hall–Kier alpha value is -2.64. The highest BCUT2D eigenvalue weighted by Gasteiger charge is 2.26. The van der Waals surface area contributed by atoms with E-state index >= 15 is 0 Å². The number of aryl methyl sites for hydroxylation is 2. The molecule has 0 bridgehead atoms. The summed E-state index contributed by atoms with van der Waals surface area (Å²) >= 11 is 0. The third-order valence-electron chi connectivity index (χ3n) is 3.20. The number of carbonyl (C=O) groups excluding carboxylic acids is 1. The summed E-state index contributed by atoms with van der Waals surface area (Å²) in [6.45, 7) is 1.79. The number of alkyl halides is 3. The third-order valence-corrected chi connectivity index (χ3v) is 3.20. The molecule has 2 aromatic rings. The number of anilines is 2. The standard InChI is InChI=1S/C16H17F3N4O/c1-11-4-2-3-5-13(11)23-14(24)10-21-15-20-9-7-12(22-15)6-8-16(17,18)19/h2-5,7,9H,6,8,10H2,1H3,(H,23,24)(H,20,21,22). The topological polar surface area (TPSA) is 66.9 Å². The number of rotatable bonds is 6. The zero-order valence-electron chi connectivity index (χ0n) is 13.0. The number of benzene rings is 1. The van der Waals surface area contributed by atoms with E-state index in [1.807, 2.05) is 25.1 Å². The van der Waals surface area contributed by atoms with Crippen LogP contribution in [0, 0.1) is 6.92 Å². The Bertz CT molecular complexity index is 704. The van der Waals surface area contributed by atoms with Crippen molar-refractivity contribution in [1.82, 2.24) is 9.97 Å². The maximum atomic E-state index is 12.2. The van der Waals surface area contributed by atoms with Crippen molar-refractivity contribution in [2.24, 2.45) is 0 Å². The Kier molecular flexibility index (Phi) is 5.73. The summed E-state index contributed by atoms with van der Waals surface area (Å²) in [6, 6.07) is 8.74. The normalized spacial score (nSPS) is 11.2. The van der Waals surface area contributed by atoms with E-state index in [1.165, 1.54) is 12.3 Å². The fraction of sp³-hybridized carbons (Fsp3) is 0.312. The van der Waals surface area contributed by atoms with Crippen molar-refractivity contribution in [3.8, 4) is 0 Å². The second-order valence-electron chi connectivity index (χ2n) is 5.20. The molecule has 0 aliphatic carbocycles. The van der Waals surface area contributed by atoms with Crippen molar-refractivity contribution in [3.05, 3.63) is 47.8 Å². The van der Waals surface area contributed by atoms with Crippen LogP contribution in [-0.4, -0.2) is 28.6 Å². The molecule has 0 aliphatic rings. The van der Waals surface area contributed by atoms with Crippen LogP contribution in [0.3, 0.4) is 0 Å². The minimum atomic E-state index is -4.23. The lowest BCUT2D eigenvalue weighted by atomic mass is 10.2. The van der Waals surface area contributed by atoms with Crippen LogP contribution in [0.1, 0.15) is 17.7 Å². The minimum absolute atomic E-state index is 0.0863. The number of carbonyl (C=O) groups is 1. The average Bonchev–Trinajstić information content (AvgIpc) is 2.53. The molecule has 1 heterocycles. The van der Waals surface area contributed by atoms with Crippen molar-refractivity contribution >= 4 is 17.5 Å². The van der Waals surface area contributed by atoms with Crippen molar-refractivity contribution < 1.29 is 18.0 Å². The lowest BCUT2D eigenvalue weighted by molar-refractivity contribution is -0.134. The summed E-state index contributed by atoms with van der Waals surface area (Å²) in [5, 5.41) is 5.44. The summed E-state index contributed by atoms with van der Waals surface area (Å²) in [5.74, 6) is -0.178. The molecule has 0 spiro atoms. The van der Waals surface area contributed by atoms with Gasteiger partial charge in [-0.15, -0.1) is 0 Å². The van der Waals surface area contributed by atoms with Gasteiger partial charge in [-0.05, 0) is 31.0 Å². The zero-order chi connectivity index (χ0) is 17.6. The first-order valence-electron chi connectivity index (χ1n) is 7.31. The largest absolute Gasteiger partial charge is 0.389 e. The Morgan fingerprint density at radius 1 is 1.21 bits per heavy atom. The smallest absolute Gasteiger partial charge is 0.345 e. The van der Waals surface area contributed by atoms with Crippen LogP contribution < -0.4 is 10.6 Å². The SMILES string of the molecule is Cc1ccccc1NC(=O)CNc1nccc(CCC(F)(F)F)n1. The molecule has 0 unspecified atom stereocenters. The van der Waals surface area contributed by atoms with E-state index in [0.717, 1.165) is 5.56 Å². The molecule has 1 aromatic carbocycles. The van der Waals surface area contributed by atoms with E-state index in [4.69, 9.17) is 0 Å². The van der Waals surface area contributed by atoms with Crippen LogP contribution in [0.5, 0.6) is 0 Å². The van der Waals surface area contributed by atoms with Gasteiger partial charge in [0, 0.05) is 24.0 Å². The van der Waals surface area contributed by atoms with Gasteiger partial charge in [-0.25, -0.2) is 9.97 Å². The average molecular weight is 338 g/mol. The predicted molar refractivity (Wildman–Crippen MR) is 84.7 cm³/mol. The molecule has 128 valence electrons. The van der Waals surface area contributed by atoms with Crippen LogP contribution >= 0.6 is 0 Å². The first kappa shape index (κ1) is 17.7. The number of amides is 1. The van der Waals surface area contributed by atoms with Gasteiger partial charge in [-0.1, -0.05) is 18.2 Å². The van der Waals surface area contributed by atoms with Crippen LogP contribution in [0.25, 0.3) is 0 Å². The molecule has 0 saturated carbocycles. The molecule has 0 saturated heterocycles. The highest BCUT2D eigenvalue weighted by Crippen LogP contribution is 2.21. The Balaban J connectivity index is 1.87. The van der Waals surface area contributed by atoms with Gasteiger partial charge in [0.25, 0.3) is 0 Å². The minimum Gasteiger partial charge on any atom is -0.345 e. The lowest BCUT2D eigenvalue weighted by Crippen LogP contribution is -2.23. The van der Waals surface area contributed by atoms with Crippen molar-refractivity contribution in [1.29, 1.82) is 0 Å². The molecule has 0 atom stereocenters. The molecule has 0 radical (unpaired) electrons. The molecule has 8 heteroatoms. The quantitative estimate of drug-likeness (QED) is 0.848. The predicted octanol–water partition coefficient (Wildman–Crippen LogP) is 3.33. The second kappa shape index (κ2) is 7.76. The number of nitrogens with one attached hydrogen (secondary N) is 2. The molecule has 24 heavy (non-hydrogen) atoms. The molecular formula is C16H17F3N4O. The van der Waals surface area contributed by atoms with Gasteiger partial charge < -0.3 is 10.6 Å². The van der Waals surface area contributed by atoms with E-state index in [1.54, 1.807) is 6.07 Å². The van der Waals surface area contributed by atoms with E-state index in [9.17, 15) is 18.0 Å². The molecule has 0 fully saturated rings. The van der Waals surface area contributed by atoms with Gasteiger partial charge >= 0.3 is 6.18 Å². The fourth-order valence-corrected chi connectivity index (χ4v) is 1.96. The molecular weight excluding hydrogens is 321 g/mol. The molecule has 0 aliphatic heterocycles. The monoisotopic (exact) mass is 338 g/mol. The van der Waals surface area contributed by atoms with Crippen molar-refractivity contribution in [2.75, 3.05) is 17.2 Å². The third kappa shape index (κ3) is 5.86. The first-order valence-corrected chi connectivity index (χ1v) is 7.31. The molecule has 1 aromatic heterocycles. The summed E-state index contributed by atoms with van der Waals surface area (Å²) in [7, 11) is 0. The fourth-order valence-electron chi connectivity index (χ4n) is 1.96. The Morgan fingerprint density at radius 2 is 1.96 bits per heavy atom. The van der Waals surface area contributed by atoms with Crippen LogP contribution in [0.2, 0.25) is 0 Å². The van der Waals surface area contributed by atoms with Gasteiger partial charge in [0.05, 0.1) is 6.54 Å². The highest BCUT2D eigenvalue weighted by atomic mass is 19.4. The Labute approximate surface area is 137 Å². The van der Waals surface area contributed by atoms with E-state index in [-0.39, 0.29) is 30.5 Å². The number of halogens is 3. The zero-order valence-corrected chi connectivity index (χ0v) is 13.0. The Morgan fingerprint density at radius 3 is 2.67 bits per heavy atom. The maximum absolute atomic E-state index is 12.2. The molecule has 2 N–H and O–H groups in total. The van der Waals surface area contributed by atoms with Gasteiger partial charge in [-0.2, -0.15) is 13.2 Å². The van der Waals surface area contributed by atoms with E-state index in [0.29, 0.717) is 5.69 Å². The van der Waals surface area contributed by atoms with Crippen LogP contribution in [0.15, 0.2) is 36.5 Å². The van der Waals surface area contributed by atoms with Crippen molar-refractivity contribution in [3.63, 3.8) is 0 Å². The van der Waals surface area contributed by atoms with E-state index in [2.05, 4.69) is 20.6 Å². The summed E-state index contributed by atoms with van der Waals surface area (Å²) in [5.41, 5.74) is 1.89. The lowest BCUT2D eigenvalue weighted by Gasteiger charge is -2.10. The van der Waals surface area contributed by atoms with Crippen LogP contribution in [0.4, 0.5) is 24.8 Å². The summed E-state index contributed by atoms with van der Waals surface area (Å²) in [4.78, 5) is 19.8. The molecule has 1 amide bonds. The highest BCUT2D eigenvalue weighted by molar-refractivity contribution is 5.94. The van der Waals surface area contributed by atoms with E-state index < -0.39 is 12.6 Å². The van der Waals surface area contributed by atoms with Gasteiger partial charge in [0.1, 0.15) is 0 Å². The number of hydrogen-bond acceptors (Lipinski definition) is 4. The summed E-state index contributed by atoms with van der Waals surface area (Å²) < 4.78 is 36.7. The number of hydrogen-bond donors (Lipinski definition) is 2. The summed E-state index contributed by atoms with van der Waals surface area (Å²) in [6.07, 6.45) is -4.04. The second-order valence-corrected chi connectivity index (χ2v) is 5.20. The number of nitrogens with zero attached hydrogens (tertiary/aromatic N) is 2. The number of aromatic nitrogens is 2. The van der Waals surface area contributed by atoms with Gasteiger partial charge in [0.15, 0.2) is 0 Å². The first-order chi connectivity index (χ1) is 11.3. The molecule has 5 nitrogen and oxygen atoms in total. The van der Waals surface area contributed by atoms with Crippen LogP contribution in [-0.2, 0) is 11.2 Å². The number of para-hydroxylation sites is 1. The molecule has 2 rings (SSSR count). The van der Waals surface area contributed by atoms with Gasteiger partial charge in [-0.3, -0.25) is 4.79 Å². The van der Waals surface area contributed by atoms with Gasteiger partial charge in [0.2, 0.25) is 11.9 Å². The van der Waals surface area contributed by atoms with Crippen molar-refractivity contribution in [2.45, 2.75) is 25.9 Å². The maximum Gasteiger partial charge on any atom is 0.389 e.